The normalized spacial score (nSPS) is 27.5. The topological polar surface area (TPSA) is 89.3 Å². The summed E-state index contributed by atoms with van der Waals surface area (Å²) in [4.78, 5) is 12.6. The van der Waals surface area contributed by atoms with Crippen LogP contribution in [0.15, 0.2) is 54.3 Å². The fourth-order valence-electron chi connectivity index (χ4n) is 6.84. The highest BCUT2D eigenvalue weighted by Crippen LogP contribution is 2.61. The van der Waals surface area contributed by atoms with Crippen molar-refractivity contribution in [3.8, 4) is 11.4 Å². The number of allylic oxidation sites excluding steroid dienone is 2. The van der Waals surface area contributed by atoms with E-state index >= 15 is 0 Å². The van der Waals surface area contributed by atoms with Gasteiger partial charge in [-0.2, -0.15) is 0 Å². The van der Waals surface area contributed by atoms with E-state index in [0.29, 0.717) is 24.1 Å². The maximum Gasteiger partial charge on any atom is 0.244 e. The van der Waals surface area contributed by atoms with Crippen LogP contribution in [-0.4, -0.2) is 39.2 Å². The predicted molar refractivity (Wildman–Crippen MR) is 145 cm³/mol. The molecule has 200 valence electrons. The van der Waals surface area contributed by atoms with Gasteiger partial charge in [-0.3, -0.25) is 4.79 Å². The molecule has 7 nitrogen and oxygen atoms in total. The molecular weight excluding hydrogens is 464 g/mol. The molecule has 1 aromatic heterocycles. The molecule has 2 fully saturated rings. The molecule has 4 atom stereocenters. The molecule has 0 aliphatic heterocycles. The summed E-state index contributed by atoms with van der Waals surface area (Å²) in [5, 5.41) is 21.9. The second kappa shape index (κ2) is 10.8. The number of aliphatic hydroxyl groups is 1. The van der Waals surface area contributed by atoms with Crippen molar-refractivity contribution >= 4 is 5.91 Å². The van der Waals surface area contributed by atoms with Crippen LogP contribution in [0.5, 0.6) is 5.75 Å². The first-order chi connectivity index (χ1) is 17.5. The zero-order valence-corrected chi connectivity index (χ0v) is 23.0. The van der Waals surface area contributed by atoms with Gasteiger partial charge in [-0.25, -0.2) is 4.68 Å². The second-order valence-corrected chi connectivity index (χ2v) is 11.8. The van der Waals surface area contributed by atoms with E-state index in [4.69, 9.17) is 4.74 Å². The molecule has 2 aromatic rings. The minimum Gasteiger partial charge on any atom is -0.497 e. The molecular formula is C30H42N4O3. The maximum absolute atomic E-state index is 12.6. The Labute approximate surface area is 221 Å². The van der Waals surface area contributed by atoms with Gasteiger partial charge in [-0.1, -0.05) is 43.7 Å². The summed E-state index contributed by atoms with van der Waals surface area (Å²) < 4.78 is 6.87. The number of carbonyl (C=O) groups is 1. The first-order valence-corrected chi connectivity index (χ1v) is 13.4. The Kier molecular flexibility index (Phi) is 7.93. The van der Waals surface area contributed by atoms with Gasteiger partial charge in [0.15, 0.2) is 0 Å². The summed E-state index contributed by atoms with van der Waals surface area (Å²) in [6, 6.07) is 7.55. The summed E-state index contributed by atoms with van der Waals surface area (Å²) in [6.07, 6.45) is 9.15. The minimum atomic E-state index is -0.235. The maximum atomic E-state index is 12.6. The molecule has 4 rings (SSSR count). The standard InChI is InChI=1S/C30H42N4O3/c1-20(7-13-25-21(2)8-14-26-29(3,4)27(35)15-16-30(25,26)5)17-28(36)31-18-22-19-34(33-32-22)23-9-11-24(37-6)12-10-23/h9-12,17,19,25-27,35H,2,7-8,13-16,18H2,1,3-6H3,(H,31,36)/b20-17+/t25-,26-,27-,30+/m1/s1. The number of carbonyl (C=O) groups excluding carboxylic acids is 1. The Morgan fingerprint density at radius 2 is 2.00 bits per heavy atom. The molecule has 1 amide bonds. The van der Waals surface area contributed by atoms with Crippen molar-refractivity contribution in [3.05, 3.63) is 60.0 Å². The van der Waals surface area contributed by atoms with Crippen LogP contribution in [0.4, 0.5) is 0 Å². The molecule has 37 heavy (non-hydrogen) atoms. The monoisotopic (exact) mass is 506 g/mol. The largest absolute Gasteiger partial charge is 0.497 e. The second-order valence-electron chi connectivity index (χ2n) is 11.8. The summed E-state index contributed by atoms with van der Waals surface area (Å²) >= 11 is 0. The van der Waals surface area contributed by atoms with Crippen molar-refractivity contribution in [2.45, 2.75) is 78.9 Å². The van der Waals surface area contributed by atoms with Gasteiger partial charge in [-0.05, 0) is 92.4 Å². The minimum absolute atomic E-state index is 0.0774. The first-order valence-electron chi connectivity index (χ1n) is 13.4. The summed E-state index contributed by atoms with van der Waals surface area (Å²) in [6.45, 7) is 13.7. The molecule has 2 aliphatic rings. The highest BCUT2D eigenvalue weighted by Gasteiger charge is 2.55. The van der Waals surface area contributed by atoms with Gasteiger partial charge >= 0.3 is 0 Å². The van der Waals surface area contributed by atoms with Crippen LogP contribution in [0.1, 0.15) is 71.9 Å². The Hall–Kier alpha value is -2.93. The zero-order chi connectivity index (χ0) is 26.8. The highest BCUT2D eigenvalue weighted by atomic mass is 16.5. The van der Waals surface area contributed by atoms with Crippen molar-refractivity contribution in [2.75, 3.05) is 7.11 Å². The van der Waals surface area contributed by atoms with E-state index < -0.39 is 0 Å². The zero-order valence-electron chi connectivity index (χ0n) is 23.0. The van der Waals surface area contributed by atoms with Crippen LogP contribution < -0.4 is 10.1 Å². The third-order valence-electron chi connectivity index (χ3n) is 9.08. The average molecular weight is 507 g/mol. The van der Waals surface area contributed by atoms with E-state index in [0.717, 1.165) is 55.5 Å². The highest BCUT2D eigenvalue weighted by molar-refractivity contribution is 5.88. The molecule has 1 aromatic carbocycles. The van der Waals surface area contributed by atoms with Crippen LogP contribution in [0.2, 0.25) is 0 Å². The Morgan fingerprint density at radius 1 is 1.27 bits per heavy atom. The average Bonchev–Trinajstić information content (AvgIpc) is 3.34. The van der Waals surface area contributed by atoms with Crippen LogP contribution in [-0.2, 0) is 11.3 Å². The number of methoxy groups -OCH3 is 1. The van der Waals surface area contributed by atoms with Crippen molar-refractivity contribution < 1.29 is 14.6 Å². The van der Waals surface area contributed by atoms with E-state index in [-0.39, 0.29) is 22.8 Å². The Bertz CT molecular complexity index is 1150. The van der Waals surface area contributed by atoms with Crippen LogP contribution in [0, 0.1) is 22.7 Å². The fraction of sp³-hybridized carbons (Fsp3) is 0.567. The third kappa shape index (κ3) is 5.66. The van der Waals surface area contributed by atoms with Crippen LogP contribution >= 0.6 is 0 Å². The van der Waals surface area contributed by atoms with E-state index in [9.17, 15) is 9.90 Å². The molecule has 2 aliphatic carbocycles. The van der Waals surface area contributed by atoms with Crippen molar-refractivity contribution in [3.63, 3.8) is 0 Å². The lowest BCUT2D eigenvalue weighted by atomic mass is 9.46. The molecule has 1 heterocycles. The van der Waals surface area contributed by atoms with E-state index in [2.05, 4.69) is 43.0 Å². The van der Waals surface area contributed by atoms with Gasteiger partial charge in [0.1, 0.15) is 11.4 Å². The van der Waals surface area contributed by atoms with E-state index in [1.165, 1.54) is 5.57 Å². The van der Waals surface area contributed by atoms with Gasteiger partial charge in [-0.15, -0.1) is 5.10 Å². The Morgan fingerprint density at radius 3 is 2.70 bits per heavy atom. The Balaban J connectivity index is 1.32. The lowest BCUT2D eigenvalue weighted by Crippen LogP contribution is -2.54. The summed E-state index contributed by atoms with van der Waals surface area (Å²) in [7, 11) is 1.63. The SMILES string of the molecule is C=C1CC[C@@H]2C(C)(C)[C@H](O)CC[C@@]2(C)[C@@H]1CC/C(C)=C/C(=O)NCc1cn(-c2ccc(OC)cc2)nn1. The van der Waals surface area contributed by atoms with Gasteiger partial charge < -0.3 is 15.2 Å². The molecule has 0 saturated heterocycles. The van der Waals surface area contributed by atoms with Gasteiger partial charge in [0.2, 0.25) is 5.91 Å². The van der Waals surface area contributed by atoms with Crippen LogP contribution in [0.3, 0.4) is 0 Å². The van der Waals surface area contributed by atoms with E-state index in [1.54, 1.807) is 17.9 Å². The molecule has 2 saturated carbocycles. The number of nitrogens with one attached hydrogen (secondary N) is 1. The lowest BCUT2D eigenvalue weighted by Gasteiger charge is -2.59. The third-order valence-corrected chi connectivity index (χ3v) is 9.08. The molecule has 0 radical (unpaired) electrons. The number of amides is 1. The first kappa shape index (κ1) is 27.1. The van der Waals surface area contributed by atoms with Gasteiger partial charge in [0.05, 0.1) is 31.6 Å². The number of hydrogen-bond acceptors (Lipinski definition) is 5. The number of benzene rings is 1. The molecule has 0 bridgehead atoms. The van der Waals surface area contributed by atoms with Crippen molar-refractivity contribution in [2.24, 2.45) is 22.7 Å². The van der Waals surface area contributed by atoms with Gasteiger partial charge in [0.25, 0.3) is 0 Å². The number of aromatic nitrogens is 3. The van der Waals surface area contributed by atoms with Crippen molar-refractivity contribution in [1.29, 1.82) is 0 Å². The quantitative estimate of drug-likeness (QED) is 0.370. The number of aliphatic hydroxyl groups excluding tert-OH is 1. The number of hydrogen-bond donors (Lipinski definition) is 2. The number of ether oxygens (including phenoxy) is 1. The molecule has 7 heteroatoms. The van der Waals surface area contributed by atoms with Crippen LogP contribution in [0.25, 0.3) is 5.69 Å². The smallest absolute Gasteiger partial charge is 0.244 e. The number of fused-ring (bicyclic) bond motifs is 1. The lowest BCUT2D eigenvalue weighted by molar-refractivity contribution is -0.124. The summed E-state index contributed by atoms with van der Waals surface area (Å²) in [5.74, 6) is 1.56. The molecule has 2 N–H and O–H groups in total. The van der Waals surface area contributed by atoms with Crippen molar-refractivity contribution in [1.82, 2.24) is 20.3 Å². The molecule has 0 spiro atoms. The summed E-state index contributed by atoms with van der Waals surface area (Å²) in [5.41, 5.74) is 4.03. The fourth-order valence-corrected chi connectivity index (χ4v) is 6.84. The molecule has 0 unspecified atom stereocenters. The van der Waals surface area contributed by atoms with E-state index in [1.807, 2.05) is 37.4 Å². The predicted octanol–water partition coefficient (Wildman–Crippen LogP) is 5.39. The number of nitrogens with zero attached hydrogens (tertiary/aromatic N) is 3. The number of rotatable bonds is 8. The van der Waals surface area contributed by atoms with Gasteiger partial charge in [0, 0.05) is 6.08 Å².